The lowest BCUT2D eigenvalue weighted by Gasteiger charge is -2.08. The third-order valence-corrected chi connectivity index (χ3v) is 4.69. The van der Waals surface area contributed by atoms with Gasteiger partial charge in [0.2, 0.25) is 0 Å². The highest BCUT2D eigenvalue weighted by molar-refractivity contribution is 9.11. The molecule has 0 fully saturated rings. The molecular weight excluding hydrogens is 476 g/mol. The Labute approximate surface area is 145 Å². The number of carbonyl (C=O) groups excluding carboxylic acids is 1. The van der Waals surface area contributed by atoms with Gasteiger partial charge in [-0.1, -0.05) is 15.9 Å². The molecule has 1 heterocycles. The molecule has 0 bridgehead atoms. The predicted octanol–water partition coefficient (Wildman–Crippen LogP) is 5.35. The van der Waals surface area contributed by atoms with Crippen LogP contribution in [-0.2, 0) is 4.74 Å². The highest BCUT2D eigenvalue weighted by atomic mass is 79.9. The van der Waals surface area contributed by atoms with E-state index >= 15 is 0 Å². The monoisotopic (exact) mass is 482 g/mol. The van der Waals surface area contributed by atoms with Gasteiger partial charge in [-0.25, -0.2) is 9.78 Å². The van der Waals surface area contributed by atoms with Crippen molar-refractivity contribution in [2.75, 3.05) is 11.9 Å². The number of halogens is 3. The minimum atomic E-state index is -0.411. The van der Waals surface area contributed by atoms with E-state index in [1.54, 1.807) is 12.3 Å². The summed E-state index contributed by atoms with van der Waals surface area (Å²) < 4.78 is 7.62. The van der Waals surface area contributed by atoms with Crippen molar-refractivity contribution in [3.8, 4) is 0 Å². The molecular formula is C12H9Br3N2O2S. The van der Waals surface area contributed by atoms with E-state index in [0.717, 1.165) is 19.1 Å². The van der Waals surface area contributed by atoms with E-state index < -0.39 is 5.97 Å². The van der Waals surface area contributed by atoms with Crippen molar-refractivity contribution in [2.45, 2.75) is 6.92 Å². The number of hydrogen-bond acceptors (Lipinski definition) is 5. The van der Waals surface area contributed by atoms with Crippen LogP contribution in [0.3, 0.4) is 0 Å². The van der Waals surface area contributed by atoms with Crippen LogP contribution in [0.4, 0.5) is 10.8 Å². The molecule has 1 N–H and O–H groups in total. The van der Waals surface area contributed by atoms with Crippen LogP contribution in [-0.4, -0.2) is 17.6 Å². The Kier molecular flexibility index (Phi) is 5.59. The normalized spacial score (nSPS) is 10.4. The Hall–Kier alpha value is -0.440. The number of nitrogens with one attached hydrogen (secondary N) is 1. The number of anilines is 2. The first-order chi connectivity index (χ1) is 9.51. The zero-order valence-corrected chi connectivity index (χ0v) is 15.8. The molecule has 106 valence electrons. The van der Waals surface area contributed by atoms with Gasteiger partial charge in [0.05, 0.1) is 12.3 Å². The number of benzene rings is 1. The molecule has 0 saturated heterocycles. The first-order valence-corrected chi connectivity index (χ1v) is 8.81. The van der Waals surface area contributed by atoms with Crippen molar-refractivity contribution in [2.24, 2.45) is 0 Å². The lowest BCUT2D eigenvalue weighted by atomic mass is 10.3. The molecule has 0 atom stereocenters. The van der Waals surface area contributed by atoms with Gasteiger partial charge in [0, 0.05) is 18.8 Å². The minimum Gasteiger partial charge on any atom is -0.461 e. The van der Waals surface area contributed by atoms with Crippen molar-refractivity contribution in [3.05, 3.63) is 36.6 Å². The standard InChI is InChI=1S/C12H9Br3N2O2S/c1-2-19-11(18)9-5-20-12(16-9)17-10-7(14)3-6(13)4-8(10)15/h3-5H,2H2,1H3,(H,16,17). The van der Waals surface area contributed by atoms with Gasteiger partial charge in [-0.2, -0.15) is 0 Å². The molecule has 0 aliphatic carbocycles. The van der Waals surface area contributed by atoms with E-state index in [1.807, 2.05) is 12.1 Å². The second kappa shape index (κ2) is 7.02. The first kappa shape index (κ1) is 15.9. The van der Waals surface area contributed by atoms with E-state index in [0.29, 0.717) is 17.4 Å². The molecule has 1 aromatic heterocycles. The van der Waals surface area contributed by atoms with Gasteiger partial charge in [0.25, 0.3) is 0 Å². The number of aromatic nitrogens is 1. The average molecular weight is 485 g/mol. The highest BCUT2D eigenvalue weighted by Crippen LogP contribution is 2.36. The summed E-state index contributed by atoms with van der Waals surface area (Å²) in [6.45, 7) is 2.10. The Morgan fingerprint density at radius 2 is 2.00 bits per heavy atom. The Morgan fingerprint density at radius 1 is 1.35 bits per heavy atom. The molecule has 0 amide bonds. The minimum absolute atomic E-state index is 0.309. The molecule has 0 spiro atoms. The Bertz CT molecular complexity index is 622. The number of thiazole rings is 1. The fraction of sp³-hybridized carbons (Fsp3) is 0.167. The molecule has 0 unspecified atom stereocenters. The summed E-state index contributed by atoms with van der Waals surface area (Å²) in [5, 5.41) is 5.46. The zero-order valence-electron chi connectivity index (χ0n) is 10.2. The average Bonchev–Trinajstić information content (AvgIpc) is 2.82. The summed E-state index contributed by atoms with van der Waals surface area (Å²) in [5.74, 6) is -0.411. The second-order valence-electron chi connectivity index (χ2n) is 3.63. The maximum absolute atomic E-state index is 11.6. The van der Waals surface area contributed by atoms with E-state index in [2.05, 4.69) is 58.1 Å². The molecule has 1 aromatic carbocycles. The summed E-state index contributed by atoms with van der Waals surface area (Å²) in [7, 11) is 0. The van der Waals surface area contributed by atoms with Crippen LogP contribution in [0.25, 0.3) is 0 Å². The van der Waals surface area contributed by atoms with Gasteiger partial charge >= 0.3 is 5.97 Å². The van der Waals surface area contributed by atoms with Crippen LogP contribution in [0.5, 0.6) is 0 Å². The number of ether oxygens (including phenoxy) is 1. The number of nitrogens with zero attached hydrogens (tertiary/aromatic N) is 1. The maximum atomic E-state index is 11.6. The summed E-state index contributed by atoms with van der Waals surface area (Å²) in [5.41, 5.74) is 1.15. The molecule has 8 heteroatoms. The lowest BCUT2D eigenvalue weighted by Crippen LogP contribution is -2.05. The fourth-order valence-electron chi connectivity index (χ4n) is 1.40. The molecule has 0 saturated carbocycles. The molecule has 2 rings (SSSR count). The van der Waals surface area contributed by atoms with E-state index in [9.17, 15) is 4.79 Å². The molecule has 0 aliphatic heterocycles. The molecule has 0 radical (unpaired) electrons. The zero-order chi connectivity index (χ0) is 14.7. The number of hydrogen-bond donors (Lipinski definition) is 1. The van der Waals surface area contributed by atoms with Crippen LogP contribution in [0.15, 0.2) is 30.9 Å². The van der Waals surface area contributed by atoms with E-state index in [-0.39, 0.29) is 0 Å². The fourth-order valence-corrected chi connectivity index (χ4v) is 4.54. The number of carbonyl (C=O) groups is 1. The van der Waals surface area contributed by atoms with Crippen LogP contribution >= 0.6 is 59.1 Å². The van der Waals surface area contributed by atoms with Gasteiger partial charge in [-0.15, -0.1) is 11.3 Å². The number of rotatable bonds is 4. The third kappa shape index (κ3) is 3.81. The second-order valence-corrected chi connectivity index (χ2v) is 7.11. The van der Waals surface area contributed by atoms with Gasteiger partial charge in [-0.3, -0.25) is 0 Å². The largest absolute Gasteiger partial charge is 0.461 e. The summed E-state index contributed by atoms with van der Waals surface area (Å²) in [4.78, 5) is 15.8. The summed E-state index contributed by atoms with van der Waals surface area (Å²) >= 11 is 11.7. The first-order valence-electron chi connectivity index (χ1n) is 5.55. The van der Waals surface area contributed by atoms with E-state index in [4.69, 9.17) is 4.74 Å². The Balaban J connectivity index is 2.21. The van der Waals surface area contributed by atoms with Crippen molar-refractivity contribution >= 4 is 75.9 Å². The molecule has 4 nitrogen and oxygen atoms in total. The van der Waals surface area contributed by atoms with Crippen molar-refractivity contribution in [1.82, 2.24) is 4.98 Å². The topological polar surface area (TPSA) is 51.2 Å². The molecule has 20 heavy (non-hydrogen) atoms. The smallest absolute Gasteiger partial charge is 0.357 e. The molecule has 2 aromatic rings. The van der Waals surface area contributed by atoms with E-state index in [1.165, 1.54) is 11.3 Å². The highest BCUT2D eigenvalue weighted by Gasteiger charge is 2.13. The summed E-state index contributed by atoms with van der Waals surface area (Å²) in [6.07, 6.45) is 0. The summed E-state index contributed by atoms with van der Waals surface area (Å²) in [6, 6.07) is 3.85. The van der Waals surface area contributed by atoms with Crippen molar-refractivity contribution in [3.63, 3.8) is 0 Å². The van der Waals surface area contributed by atoms with Crippen LogP contribution in [0, 0.1) is 0 Å². The SMILES string of the molecule is CCOC(=O)c1csc(Nc2c(Br)cc(Br)cc2Br)n1. The Morgan fingerprint density at radius 3 is 2.60 bits per heavy atom. The predicted molar refractivity (Wildman–Crippen MR) is 90.9 cm³/mol. The lowest BCUT2D eigenvalue weighted by molar-refractivity contribution is 0.0520. The quantitative estimate of drug-likeness (QED) is 0.594. The maximum Gasteiger partial charge on any atom is 0.357 e. The van der Waals surface area contributed by atoms with Crippen LogP contribution in [0.1, 0.15) is 17.4 Å². The van der Waals surface area contributed by atoms with Gasteiger partial charge in [-0.05, 0) is 50.9 Å². The van der Waals surface area contributed by atoms with Gasteiger partial charge in [0.1, 0.15) is 0 Å². The van der Waals surface area contributed by atoms with Crippen molar-refractivity contribution < 1.29 is 9.53 Å². The third-order valence-electron chi connectivity index (χ3n) is 2.23. The molecule has 0 aliphatic rings. The van der Waals surface area contributed by atoms with Gasteiger partial charge in [0.15, 0.2) is 10.8 Å². The van der Waals surface area contributed by atoms with Crippen molar-refractivity contribution in [1.29, 1.82) is 0 Å². The van der Waals surface area contributed by atoms with Crippen LogP contribution in [0.2, 0.25) is 0 Å². The van der Waals surface area contributed by atoms with Gasteiger partial charge < -0.3 is 10.1 Å². The van der Waals surface area contributed by atoms with Crippen LogP contribution < -0.4 is 5.32 Å². The number of esters is 1.